The van der Waals surface area contributed by atoms with Crippen molar-refractivity contribution in [1.29, 1.82) is 0 Å². The molecule has 0 aliphatic heterocycles. The number of nitrogens with zero attached hydrogens (tertiary/aromatic N) is 1. The maximum atomic E-state index is 13.6. The molecule has 0 saturated heterocycles. The largest absolute Gasteiger partial charge is 0.350 e. The summed E-state index contributed by atoms with van der Waals surface area (Å²) in [6, 6.07) is 6.34. The molecule has 0 fully saturated rings. The first-order chi connectivity index (χ1) is 9.10. The second kappa shape index (κ2) is 5.97. The molecule has 0 saturated carbocycles. The summed E-state index contributed by atoms with van der Waals surface area (Å²) in [4.78, 5) is 0. The van der Waals surface area contributed by atoms with Crippen molar-refractivity contribution >= 4 is 0 Å². The molecule has 1 unspecified atom stereocenters. The number of benzene rings is 1. The van der Waals surface area contributed by atoms with Crippen LogP contribution in [0.25, 0.3) is 0 Å². The number of hydrogen-bond acceptors (Lipinski definition) is 1. The molecule has 0 bridgehead atoms. The Kier molecular flexibility index (Phi) is 4.32. The lowest BCUT2D eigenvalue weighted by molar-refractivity contribution is 0.495. The molecule has 1 atom stereocenters. The first-order valence-electron chi connectivity index (χ1n) is 6.43. The van der Waals surface area contributed by atoms with Gasteiger partial charge in [-0.15, -0.1) is 0 Å². The van der Waals surface area contributed by atoms with Gasteiger partial charge in [-0.05, 0) is 30.5 Å². The number of nitrogens with two attached hydrogens (primary N) is 1. The third-order valence-electron chi connectivity index (χ3n) is 3.22. The molecule has 19 heavy (non-hydrogen) atoms. The zero-order valence-corrected chi connectivity index (χ0v) is 10.9. The van der Waals surface area contributed by atoms with Gasteiger partial charge in [-0.1, -0.05) is 19.1 Å². The van der Waals surface area contributed by atoms with Crippen molar-refractivity contribution in [3.05, 3.63) is 59.4 Å². The van der Waals surface area contributed by atoms with Crippen LogP contribution in [0.4, 0.5) is 8.78 Å². The molecule has 4 heteroatoms. The fourth-order valence-corrected chi connectivity index (χ4v) is 2.02. The van der Waals surface area contributed by atoms with Crippen molar-refractivity contribution in [1.82, 2.24) is 4.57 Å². The number of hydrogen-bond donors (Lipinski definition) is 1. The van der Waals surface area contributed by atoms with Crippen molar-refractivity contribution in [2.75, 3.05) is 0 Å². The van der Waals surface area contributed by atoms with Gasteiger partial charge in [0, 0.05) is 30.5 Å². The predicted octanol–water partition coefficient (Wildman–Crippen LogP) is 3.09. The molecule has 2 nitrogen and oxygen atoms in total. The highest BCUT2D eigenvalue weighted by atomic mass is 19.2. The van der Waals surface area contributed by atoms with Gasteiger partial charge in [0.05, 0.1) is 0 Å². The van der Waals surface area contributed by atoms with Gasteiger partial charge in [-0.2, -0.15) is 0 Å². The number of rotatable bonds is 5. The second-order valence-electron chi connectivity index (χ2n) is 4.78. The van der Waals surface area contributed by atoms with Crippen LogP contribution in [0.3, 0.4) is 0 Å². The van der Waals surface area contributed by atoms with Crippen molar-refractivity contribution in [2.24, 2.45) is 5.73 Å². The van der Waals surface area contributed by atoms with Gasteiger partial charge in [0.2, 0.25) is 0 Å². The van der Waals surface area contributed by atoms with Crippen molar-refractivity contribution in [3.63, 3.8) is 0 Å². The molecule has 0 radical (unpaired) electrons. The topological polar surface area (TPSA) is 30.9 Å². The van der Waals surface area contributed by atoms with Gasteiger partial charge >= 0.3 is 0 Å². The number of aromatic nitrogens is 1. The van der Waals surface area contributed by atoms with E-state index in [1.807, 2.05) is 30.0 Å². The fraction of sp³-hybridized carbons (Fsp3) is 0.333. The van der Waals surface area contributed by atoms with E-state index in [9.17, 15) is 8.78 Å². The van der Waals surface area contributed by atoms with Crippen molar-refractivity contribution in [2.45, 2.75) is 32.4 Å². The Balaban J connectivity index is 2.09. The first-order valence-corrected chi connectivity index (χ1v) is 6.43. The molecule has 0 aliphatic rings. The number of halogens is 2. The highest BCUT2D eigenvalue weighted by molar-refractivity contribution is 5.21. The van der Waals surface area contributed by atoms with Gasteiger partial charge in [0.25, 0.3) is 0 Å². The fourth-order valence-electron chi connectivity index (χ4n) is 2.02. The molecule has 2 rings (SSSR count). The maximum absolute atomic E-state index is 13.6. The summed E-state index contributed by atoms with van der Waals surface area (Å²) in [7, 11) is 0. The van der Waals surface area contributed by atoms with Crippen molar-refractivity contribution in [3.8, 4) is 0 Å². The predicted molar refractivity (Wildman–Crippen MR) is 71.9 cm³/mol. The van der Waals surface area contributed by atoms with E-state index < -0.39 is 11.6 Å². The first kappa shape index (κ1) is 13.7. The zero-order chi connectivity index (χ0) is 13.8. The molecule has 2 aromatic rings. The Labute approximate surface area is 111 Å². The normalized spacial score (nSPS) is 12.6. The van der Waals surface area contributed by atoms with Crippen LogP contribution in [-0.4, -0.2) is 10.6 Å². The SMILES string of the molecule is CCC(N)Cc1ccn(Cc2cccc(F)c2F)c1. The van der Waals surface area contributed by atoms with E-state index in [-0.39, 0.29) is 6.04 Å². The van der Waals surface area contributed by atoms with Crippen LogP contribution in [0.15, 0.2) is 36.7 Å². The molecule has 1 heterocycles. The molecule has 0 amide bonds. The Hall–Kier alpha value is -1.68. The summed E-state index contributed by atoms with van der Waals surface area (Å²) in [5.41, 5.74) is 7.36. The van der Waals surface area contributed by atoms with Crippen LogP contribution < -0.4 is 5.73 Å². The highest BCUT2D eigenvalue weighted by Crippen LogP contribution is 2.14. The van der Waals surface area contributed by atoms with Gasteiger partial charge in [0.1, 0.15) is 0 Å². The third kappa shape index (κ3) is 3.41. The van der Waals surface area contributed by atoms with Crippen LogP contribution in [0, 0.1) is 11.6 Å². The van der Waals surface area contributed by atoms with E-state index in [0.717, 1.165) is 24.5 Å². The Morgan fingerprint density at radius 3 is 2.79 bits per heavy atom. The van der Waals surface area contributed by atoms with Crippen LogP contribution in [-0.2, 0) is 13.0 Å². The lowest BCUT2D eigenvalue weighted by Crippen LogP contribution is -2.21. The average molecular weight is 264 g/mol. The molecule has 0 aliphatic carbocycles. The summed E-state index contributed by atoms with van der Waals surface area (Å²) >= 11 is 0. The molecule has 102 valence electrons. The van der Waals surface area contributed by atoms with E-state index in [4.69, 9.17) is 5.73 Å². The minimum absolute atomic E-state index is 0.141. The summed E-state index contributed by atoms with van der Waals surface area (Å²) in [6.07, 6.45) is 5.51. The maximum Gasteiger partial charge on any atom is 0.163 e. The lowest BCUT2D eigenvalue weighted by atomic mass is 10.1. The molecule has 1 aromatic heterocycles. The summed E-state index contributed by atoms with van der Waals surface area (Å²) in [5, 5.41) is 0. The van der Waals surface area contributed by atoms with Gasteiger partial charge in [-0.25, -0.2) is 8.78 Å². The van der Waals surface area contributed by atoms with Crippen LogP contribution in [0.1, 0.15) is 24.5 Å². The Morgan fingerprint density at radius 1 is 1.26 bits per heavy atom. The Bertz CT molecular complexity index is 549. The van der Waals surface area contributed by atoms with Crippen molar-refractivity contribution < 1.29 is 8.78 Å². The van der Waals surface area contributed by atoms with Gasteiger partial charge in [0.15, 0.2) is 11.6 Å². The zero-order valence-electron chi connectivity index (χ0n) is 10.9. The minimum Gasteiger partial charge on any atom is -0.350 e. The lowest BCUT2D eigenvalue weighted by Gasteiger charge is -2.07. The van der Waals surface area contributed by atoms with Crippen LogP contribution in [0.2, 0.25) is 0 Å². The van der Waals surface area contributed by atoms with Crippen LogP contribution >= 0.6 is 0 Å². The van der Waals surface area contributed by atoms with E-state index in [1.165, 1.54) is 6.07 Å². The van der Waals surface area contributed by atoms with E-state index in [2.05, 4.69) is 0 Å². The molecule has 0 spiro atoms. The van der Waals surface area contributed by atoms with Gasteiger partial charge < -0.3 is 10.3 Å². The minimum atomic E-state index is -0.808. The smallest absolute Gasteiger partial charge is 0.163 e. The van der Waals surface area contributed by atoms with Crippen LogP contribution in [0.5, 0.6) is 0 Å². The molecular weight excluding hydrogens is 246 g/mol. The van der Waals surface area contributed by atoms with E-state index >= 15 is 0 Å². The monoisotopic (exact) mass is 264 g/mol. The molecular formula is C15H18F2N2. The second-order valence-corrected chi connectivity index (χ2v) is 4.78. The quantitative estimate of drug-likeness (QED) is 0.884. The summed E-state index contributed by atoms with van der Waals surface area (Å²) in [6.45, 7) is 2.37. The van der Waals surface area contributed by atoms with E-state index in [0.29, 0.717) is 12.1 Å². The van der Waals surface area contributed by atoms with Gasteiger partial charge in [-0.3, -0.25) is 0 Å². The average Bonchev–Trinajstić information content (AvgIpc) is 2.82. The Morgan fingerprint density at radius 2 is 2.05 bits per heavy atom. The standard InChI is InChI=1S/C15H18F2N2/c1-2-13(18)8-11-6-7-19(9-11)10-12-4-3-5-14(16)15(12)17/h3-7,9,13H,2,8,10,18H2,1H3. The summed E-state index contributed by atoms with van der Waals surface area (Å²) in [5.74, 6) is -1.58. The third-order valence-corrected chi connectivity index (χ3v) is 3.22. The molecule has 2 N–H and O–H groups in total. The highest BCUT2D eigenvalue weighted by Gasteiger charge is 2.08. The summed E-state index contributed by atoms with van der Waals surface area (Å²) < 4.78 is 28.5. The molecule has 1 aromatic carbocycles. The van der Waals surface area contributed by atoms with E-state index in [1.54, 1.807) is 6.07 Å².